The fourth-order valence-electron chi connectivity index (χ4n) is 1.03. The zero-order valence-electron chi connectivity index (χ0n) is 6.67. The van der Waals surface area contributed by atoms with E-state index in [0.29, 0.717) is 6.54 Å². The number of aliphatic imine (C=N–C) groups is 1. The molecule has 0 radical (unpaired) electrons. The Morgan fingerprint density at radius 3 is 2.83 bits per heavy atom. The van der Waals surface area contributed by atoms with E-state index in [1.165, 1.54) is 6.08 Å². The van der Waals surface area contributed by atoms with E-state index >= 15 is 0 Å². The van der Waals surface area contributed by atoms with Crippen molar-refractivity contribution < 1.29 is 4.79 Å². The van der Waals surface area contributed by atoms with Gasteiger partial charge >= 0.3 is 0 Å². The van der Waals surface area contributed by atoms with Gasteiger partial charge in [-0.05, 0) is 30.2 Å². The maximum Gasteiger partial charge on any atom is 0.235 e. The van der Waals surface area contributed by atoms with Gasteiger partial charge in [-0.1, -0.05) is 22.0 Å². The van der Waals surface area contributed by atoms with Crippen molar-refractivity contribution in [3.8, 4) is 0 Å². The molecule has 1 aromatic rings. The summed E-state index contributed by atoms with van der Waals surface area (Å²) in [6.45, 7) is 2.41. The van der Waals surface area contributed by atoms with Gasteiger partial charge in [0.1, 0.15) is 0 Å². The number of halogens is 1. The van der Waals surface area contributed by atoms with Crippen LogP contribution in [0, 0.1) is 6.92 Å². The van der Waals surface area contributed by atoms with Gasteiger partial charge in [-0.2, -0.15) is 0 Å². The molecule has 0 fully saturated rings. The van der Waals surface area contributed by atoms with Crippen molar-refractivity contribution in [2.24, 2.45) is 4.99 Å². The molecule has 0 saturated carbocycles. The highest BCUT2D eigenvalue weighted by molar-refractivity contribution is 9.10. The van der Waals surface area contributed by atoms with Gasteiger partial charge in [-0.15, -0.1) is 0 Å². The number of aryl methyl sites for hydroxylation is 1. The van der Waals surface area contributed by atoms with E-state index < -0.39 is 0 Å². The highest BCUT2D eigenvalue weighted by atomic mass is 79.9. The van der Waals surface area contributed by atoms with Crippen LogP contribution in [-0.4, -0.2) is 6.08 Å². The minimum Gasteiger partial charge on any atom is -0.211 e. The van der Waals surface area contributed by atoms with Crippen LogP contribution in [-0.2, 0) is 11.3 Å². The molecule has 0 bridgehead atoms. The van der Waals surface area contributed by atoms with Crippen LogP contribution in [0.5, 0.6) is 0 Å². The van der Waals surface area contributed by atoms with E-state index in [4.69, 9.17) is 0 Å². The van der Waals surface area contributed by atoms with Crippen molar-refractivity contribution >= 4 is 22.0 Å². The fraction of sp³-hybridized carbons (Fsp3) is 0.222. The molecule has 0 aliphatic heterocycles. The van der Waals surface area contributed by atoms with Crippen molar-refractivity contribution in [1.29, 1.82) is 0 Å². The molecule has 0 aliphatic carbocycles. The fourth-order valence-corrected chi connectivity index (χ4v) is 1.68. The third kappa shape index (κ3) is 2.61. The summed E-state index contributed by atoms with van der Waals surface area (Å²) < 4.78 is 1.01. The molecule has 12 heavy (non-hydrogen) atoms. The first-order valence-corrected chi connectivity index (χ1v) is 4.31. The average molecular weight is 226 g/mol. The van der Waals surface area contributed by atoms with Crippen molar-refractivity contribution in [3.05, 3.63) is 33.8 Å². The minimum atomic E-state index is 0.407. The first-order valence-electron chi connectivity index (χ1n) is 3.52. The summed E-state index contributed by atoms with van der Waals surface area (Å²) in [6.07, 6.45) is 1.51. The highest BCUT2D eigenvalue weighted by Gasteiger charge is 1.94. The Kier molecular flexibility index (Phi) is 3.20. The van der Waals surface area contributed by atoms with Gasteiger partial charge in [0.25, 0.3) is 0 Å². The predicted molar refractivity (Wildman–Crippen MR) is 50.7 cm³/mol. The van der Waals surface area contributed by atoms with E-state index in [-0.39, 0.29) is 0 Å². The number of nitrogens with zero attached hydrogens (tertiary/aromatic N) is 1. The van der Waals surface area contributed by atoms with Crippen molar-refractivity contribution in [2.45, 2.75) is 13.5 Å². The zero-order chi connectivity index (χ0) is 8.97. The largest absolute Gasteiger partial charge is 0.235 e. The molecule has 62 valence electrons. The maximum atomic E-state index is 9.84. The van der Waals surface area contributed by atoms with Crippen LogP contribution in [0.4, 0.5) is 0 Å². The Morgan fingerprint density at radius 2 is 2.25 bits per heavy atom. The number of rotatable bonds is 2. The summed E-state index contributed by atoms with van der Waals surface area (Å²) in [7, 11) is 0. The van der Waals surface area contributed by atoms with Gasteiger partial charge in [0.2, 0.25) is 6.08 Å². The summed E-state index contributed by atoms with van der Waals surface area (Å²) >= 11 is 3.36. The van der Waals surface area contributed by atoms with E-state index in [0.717, 1.165) is 15.6 Å². The smallest absolute Gasteiger partial charge is 0.211 e. The Morgan fingerprint density at radius 1 is 1.50 bits per heavy atom. The number of hydrogen-bond donors (Lipinski definition) is 0. The second kappa shape index (κ2) is 4.19. The van der Waals surface area contributed by atoms with Gasteiger partial charge in [-0.25, -0.2) is 9.79 Å². The molecule has 0 saturated heterocycles. The van der Waals surface area contributed by atoms with Crippen LogP contribution in [0.1, 0.15) is 11.1 Å². The lowest BCUT2D eigenvalue weighted by Gasteiger charge is -1.98. The number of carbonyl (C=O) groups excluding carboxylic acids is 1. The molecular formula is C9H8BrNO. The van der Waals surface area contributed by atoms with Crippen LogP contribution >= 0.6 is 15.9 Å². The molecular weight excluding hydrogens is 218 g/mol. The highest BCUT2D eigenvalue weighted by Crippen LogP contribution is 2.15. The summed E-state index contributed by atoms with van der Waals surface area (Å²) in [6, 6.07) is 5.94. The van der Waals surface area contributed by atoms with Crippen molar-refractivity contribution in [3.63, 3.8) is 0 Å². The molecule has 0 heterocycles. The molecule has 1 aromatic carbocycles. The second-order valence-corrected chi connectivity index (χ2v) is 3.46. The van der Waals surface area contributed by atoms with E-state index in [1.54, 1.807) is 0 Å². The normalized spacial score (nSPS) is 9.17. The summed E-state index contributed by atoms with van der Waals surface area (Å²) in [5, 5.41) is 0. The quantitative estimate of drug-likeness (QED) is 0.562. The standard InChI is InChI=1S/C9H8BrNO/c1-7-2-8(5-11-6-12)4-9(10)3-7/h2-4H,5H2,1H3. The molecule has 0 N–H and O–H groups in total. The van der Waals surface area contributed by atoms with Gasteiger partial charge in [-0.3, -0.25) is 0 Å². The first kappa shape index (κ1) is 9.17. The van der Waals surface area contributed by atoms with E-state index in [9.17, 15) is 4.79 Å². The average Bonchev–Trinajstić information content (AvgIpc) is 1.99. The number of isocyanates is 1. The Bertz CT molecular complexity index is 309. The van der Waals surface area contributed by atoms with Crippen LogP contribution in [0.25, 0.3) is 0 Å². The van der Waals surface area contributed by atoms with E-state index in [1.807, 2.05) is 25.1 Å². The van der Waals surface area contributed by atoms with Crippen LogP contribution in [0.3, 0.4) is 0 Å². The number of benzene rings is 1. The maximum absolute atomic E-state index is 9.84. The molecule has 0 amide bonds. The molecule has 0 spiro atoms. The topological polar surface area (TPSA) is 29.4 Å². The van der Waals surface area contributed by atoms with Crippen molar-refractivity contribution in [2.75, 3.05) is 0 Å². The first-order chi connectivity index (χ1) is 5.72. The Hall–Kier alpha value is -0.920. The molecule has 0 aromatic heterocycles. The monoisotopic (exact) mass is 225 g/mol. The predicted octanol–water partition coefficient (Wildman–Crippen LogP) is 2.59. The Labute approximate surface area is 79.5 Å². The third-order valence-corrected chi connectivity index (χ3v) is 1.89. The Balaban J connectivity index is 2.92. The molecule has 1 rings (SSSR count). The van der Waals surface area contributed by atoms with E-state index in [2.05, 4.69) is 20.9 Å². The lowest BCUT2D eigenvalue weighted by molar-refractivity contribution is 0.563. The zero-order valence-corrected chi connectivity index (χ0v) is 8.26. The van der Waals surface area contributed by atoms with Gasteiger partial charge in [0.05, 0.1) is 6.54 Å². The molecule has 0 atom stereocenters. The van der Waals surface area contributed by atoms with Crippen LogP contribution < -0.4 is 0 Å². The summed E-state index contributed by atoms with van der Waals surface area (Å²) in [5.74, 6) is 0. The van der Waals surface area contributed by atoms with Gasteiger partial charge in [0.15, 0.2) is 0 Å². The number of hydrogen-bond acceptors (Lipinski definition) is 2. The van der Waals surface area contributed by atoms with Crippen molar-refractivity contribution in [1.82, 2.24) is 0 Å². The lowest BCUT2D eigenvalue weighted by atomic mass is 10.1. The molecule has 2 nitrogen and oxygen atoms in total. The minimum absolute atomic E-state index is 0.407. The molecule has 0 unspecified atom stereocenters. The van der Waals surface area contributed by atoms with Crippen LogP contribution in [0.2, 0.25) is 0 Å². The van der Waals surface area contributed by atoms with Gasteiger partial charge < -0.3 is 0 Å². The summed E-state index contributed by atoms with van der Waals surface area (Å²) in [5.41, 5.74) is 2.17. The van der Waals surface area contributed by atoms with Gasteiger partial charge in [0, 0.05) is 4.47 Å². The SMILES string of the molecule is Cc1cc(Br)cc(CN=C=O)c1. The molecule has 3 heteroatoms. The lowest BCUT2D eigenvalue weighted by Crippen LogP contribution is -1.83. The molecule has 0 aliphatic rings. The second-order valence-electron chi connectivity index (χ2n) is 2.54. The third-order valence-electron chi connectivity index (χ3n) is 1.43. The van der Waals surface area contributed by atoms with Crippen LogP contribution in [0.15, 0.2) is 27.7 Å². The summed E-state index contributed by atoms with van der Waals surface area (Å²) in [4.78, 5) is 13.3.